The van der Waals surface area contributed by atoms with Gasteiger partial charge in [-0.2, -0.15) is 0 Å². The van der Waals surface area contributed by atoms with E-state index in [1.54, 1.807) is 0 Å². The van der Waals surface area contributed by atoms with Gasteiger partial charge < -0.3 is 5.73 Å². The molecule has 7 heteroatoms. The lowest BCUT2D eigenvalue weighted by Gasteiger charge is -2.05. The van der Waals surface area contributed by atoms with E-state index < -0.39 is 18.0 Å². The molecule has 76 valence electrons. The smallest absolute Gasteiger partial charge is 0.281 e. The normalized spacial score (nSPS) is 10.6. The molecule has 2 N–H and O–H groups in total. The number of carbonyl (C=O) groups is 1. The number of carbonyl (C=O) groups excluding carboxylic acids is 1. The van der Waals surface area contributed by atoms with Crippen molar-refractivity contribution in [3.8, 4) is 0 Å². The molecule has 14 heavy (non-hydrogen) atoms. The maximum atomic E-state index is 12.3. The lowest BCUT2D eigenvalue weighted by molar-refractivity contribution is 0.0999. The molecule has 0 radical (unpaired) electrons. The summed E-state index contributed by atoms with van der Waals surface area (Å²) in [6.45, 7) is 0. The summed E-state index contributed by atoms with van der Waals surface area (Å²) in [5.74, 6) is -0.816. The highest BCUT2D eigenvalue weighted by Crippen LogP contribution is 2.28. The first kappa shape index (κ1) is 11.3. The number of alkyl halides is 2. The maximum Gasteiger partial charge on any atom is 0.281 e. The van der Waals surface area contributed by atoms with Crippen LogP contribution in [0.1, 0.15) is 22.5 Å². The zero-order chi connectivity index (χ0) is 10.9. The summed E-state index contributed by atoms with van der Waals surface area (Å²) in [7, 11) is 0. The van der Waals surface area contributed by atoms with Gasteiger partial charge in [0.25, 0.3) is 12.3 Å². The zero-order valence-corrected chi connectivity index (χ0v) is 8.94. The molecule has 0 unspecified atom stereocenters. The van der Waals surface area contributed by atoms with E-state index in [0.717, 1.165) is 6.07 Å². The fraction of sp³-hybridized carbons (Fsp3) is 0.143. The largest absolute Gasteiger partial charge is 0.366 e. The lowest BCUT2D eigenvalue weighted by Crippen LogP contribution is -2.13. The fourth-order valence-electron chi connectivity index (χ4n) is 0.805. The molecule has 0 saturated heterocycles. The minimum atomic E-state index is -2.76. The molecule has 1 amide bonds. The molecule has 3 nitrogen and oxygen atoms in total. The molecule has 0 aliphatic heterocycles. The number of nitrogens with zero attached hydrogens (tertiary/aromatic N) is 1. The predicted molar refractivity (Wildman–Crippen MR) is 50.4 cm³/mol. The number of rotatable bonds is 2. The SMILES string of the molecule is NC(=O)c1cc(Br)c(C(F)F)nc1Cl. The second kappa shape index (κ2) is 4.18. The first-order valence-electron chi connectivity index (χ1n) is 3.37. The standard InChI is InChI=1S/C7H4BrClF2N2O/c8-3-1-2(7(12)14)5(9)13-4(3)6(10)11/h1,6H,(H2,12,14). The Balaban J connectivity index is 3.31. The van der Waals surface area contributed by atoms with Gasteiger partial charge in [0, 0.05) is 4.47 Å². The van der Waals surface area contributed by atoms with Gasteiger partial charge in [0.2, 0.25) is 0 Å². The zero-order valence-electron chi connectivity index (χ0n) is 6.60. The predicted octanol–water partition coefficient (Wildman–Crippen LogP) is 2.53. The molecular weight excluding hydrogens is 281 g/mol. The number of primary amides is 1. The molecule has 0 aliphatic rings. The fourth-order valence-corrected chi connectivity index (χ4v) is 1.53. The quantitative estimate of drug-likeness (QED) is 0.849. The molecule has 0 saturated carbocycles. The van der Waals surface area contributed by atoms with Crippen LogP contribution in [0.4, 0.5) is 8.78 Å². The van der Waals surface area contributed by atoms with Gasteiger partial charge in [-0.1, -0.05) is 11.6 Å². The maximum absolute atomic E-state index is 12.3. The molecule has 0 aromatic carbocycles. The van der Waals surface area contributed by atoms with E-state index in [0.29, 0.717) is 0 Å². The van der Waals surface area contributed by atoms with E-state index in [-0.39, 0.29) is 15.2 Å². The Bertz CT molecular complexity index is 386. The van der Waals surface area contributed by atoms with Gasteiger partial charge >= 0.3 is 0 Å². The average Bonchev–Trinajstić information content (AvgIpc) is 2.07. The number of amides is 1. The van der Waals surface area contributed by atoms with E-state index in [4.69, 9.17) is 17.3 Å². The van der Waals surface area contributed by atoms with Crippen molar-refractivity contribution in [3.05, 3.63) is 26.9 Å². The Labute approximate surface area is 91.4 Å². The third-order valence-corrected chi connectivity index (χ3v) is 2.35. The monoisotopic (exact) mass is 284 g/mol. The van der Waals surface area contributed by atoms with Crippen LogP contribution in [0.5, 0.6) is 0 Å². The van der Waals surface area contributed by atoms with Crippen molar-refractivity contribution in [2.24, 2.45) is 5.73 Å². The summed E-state index contributed by atoms with van der Waals surface area (Å²) in [6.07, 6.45) is -2.76. The average molecular weight is 285 g/mol. The van der Waals surface area contributed by atoms with Crippen molar-refractivity contribution in [2.45, 2.75) is 6.43 Å². The van der Waals surface area contributed by atoms with Crippen molar-refractivity contribution >= 4 is 33.4 Å². The lowest BCUT2D eigenvalue weighted by atomic mass is 10.2. The minimum absolute atomic E-state index is 0.00528. The van der Waals surface area contributed by atoms with Gasteiger partial charge in [-0.3, -0.25) is 4.79 Å². The molecular formula is C7H4BrClF2N2O. The topological polar surface area (TPSA) is 56.0 Å². The number of hydrogen-bond acceptors (Lipinski definition) is 2. The Hall–Kier alpha value is -0.750. The molecule has 0 fully saturated rings. The minimum Gasteiger partial charge on any atom is -0.366 e. The summed E-state index contributed by atoms with van der Waals surface area (Å²) >= 11 is 8.32. The molecule has 0 atom stereocenters. The van der Waals surface area contributed by atoms with Crippen LogP contribution in [-0.4, -0.2) is 10.9 Å². The number of hydrogen-bond donors (Lipinski definition) is 1. The van der Waals surface area contributed by atoms with E-state index in [1.165, 1.54) is 0 Å². The molecule has 1 rings (SSSR count). The van der Waals surface area contributed by atoms with Crippen LogP contribution >= 0.6 is 27.5 Å². The molecule has 1 heterocycles. The third-order valence-electron chi connectivity index (χ3n) is 1.43. The molecule has 0 aliphatic carbocycles. The highest BCUT2D eigenvalue weighted by atomic mass is 79.9. The Morgan fingerprint density at radius 1 is 1.64 bits per heavy atom. The van der Waals surface area contributed by atoms with Crippen molar-refractivity contribution in [1.29, 1.82) is 0 Å². The summed E-state index contributed by atoms with van der Waals surface area (Å²) in [5.41, 5.74) is 4.33. The van der Waals surface area contributed by atoms with Crippen LogP contribution in [0.2, 0.25) is 5.15 Å². The van der Waals surface area contributed by atoms with Crippen LogP contribution in [0.25, 0.3) is 0 Å². The molecule has 1 aromatic heterocycles. The van der Waals surface area contributed by atoms with Gasteiger partial charge in [0.05, 0.1) is 5.56 Å². The third kappa shape index (κ3) is 2.19. The van der Waals surface area contributed by atoms with Gasteiger partial charge in [0.1, 0.15) is 10.8 Å². The summed E-state index contributed by atoms with van der Waals surface area (Å²) in [6, 6.07) is 1.12. The molecule has 0 bridgehead atoms. The Morgan fingerprint density at radius 2 is 2.21 bits per heavy atom. The highest BCUT2D eigenvalue weighted by molar-refractivity contribution is 9.10. The summed E-state index contributed by atoms with van der Waals surface area (Å²) < 4.78 is 24.6. The van der Waals surface area contributed by atoms with E-state index in [2.05, 4.69) is 20.9 Å². The summed E-state index contributed by atoms with van der Waals surface area (Å²) in [5, 5.41) is -0.323. The van der Waals surface area contributed by atoms with Crippen LogP contribution < -0.4 is 5.73 Å². The van der Waals surface area contributed by atoms with Gasteiger partial charge in [-0.15, -0.1) is 0 Å². The van der Waals surface area contributed by atoms with Crippen LogP contribution in [-0.2, 0) is 0 Å². The van der Waals surface area contributed by atoms with Crippen molar-refractivity contribution < 1.29 is 13.6 Å². The van der Waals surface area contributed by atoms with Crippen LogP contribution in [0.15, 0.2) is 10.5 Å². The Morgan fingerprint density at radius 3 is 2.64 bits per heavy atom. The second-order valence-electron chi connectivity index (χ2n) is 2.36. The number of pyridine rings is 1. The Kier molecular flexibility index (Phi) is 3.38. The van der Waals surface area contributed by atoms with Gasteiger partial charge in [-0.25, -0.2) is 13.8 Å². The number of halogens is 4. The first-order valence-corrected chi connectivity index (χ1v) is 4.54. The van der Waals surface area contributed by atoms with Gasteiger partial charge in [0.15, 0.2) is 0 Å². The van der Waals surface area contributed by atoms with Gasteiger partial charge in [-0.05, 0) is 22.0 Å². The highest BCUT2D eigenvalue weighted by Gasteiger charge is 2.18. The van der Waals surface area contributed by atoms with Crippen molar-refractivity contribution in [2.75, 3.05) is 0 Å². The van der Waals surface area contributed by atoms with Crippen molar-refractivity contribution in [3.63, 3.8) is 0 Å². The van der Waals surface area contributed by atoms with Crippen LogP contribution in [0.3, 0.4) is 0 Å². The summed E-state index contributed by atoms with van der Waals surface area (Å²) in [4.78, 5) is 14.1. The number of nitrogens with two attached hydrogens (primary N) is 1. The van der Waals surface area contributed by atoms with E-state index >= 15 is 0 Å². The van der Waals surface area contributed by atoms with Crippen molar-refractivity contribution in [1.82, 2.24) is 4.98 Å². The number of aromatic nitrogens is 1. The molecule has 1 aromatic rings. The first-order chi connectivity index (χ1) is 6.43. The van der Waals surface area contributed by atoms with Crippen LogP contribution in [0, 0.1) is 0 Å². The van der Waals surface area contributed by atoms with E-state index in [9.17, 15) is 13.6 Å². The van der Waals surface area contributed by atoms with E-state index in [1.807, 2.05) is 0 Å². The molecule has 0 spiro atoms. The second-order valence-corrected chi connectivity index (χ2v) is 3.57.